The van der Waals surface area contributed by atoms with Crippen LogP contribution < -0.4 is 10.9 Å². The predicted octanol–water partition coefficient (Wildman–Crippen LogP) is 1.88. The maximum atomic E-state index is 12.0. The van der Waals surface area contributed by atoms with Gasteiger partial charge >= 0.3 is 0 Å². The largest absolute Gasteiger partial charge is 0.273 e. The minimum Gasteiger partial charge on any atom is -0.273 e. The van der Waals surface area contributed by atoms with Crippen LogP contribution in [0.4, 0.5) is 0 Å². The summed E-state index contributed by atoms with van der Waals surface area (Å²) in [4.78, 5) is 23.8. The standard InChI is InChI=1S/C15H18N2O2/c18-14(11-4-2-1-3-5-11)16-17-15(19)13-9-10-6-7-12(13)8-10/h1-5,10,12-13H,6-9H2,(H,16,18)(H,17,19)/t10-,12+,13-/m0/s1. The number of nitrogens with one attached hydrogen (secondary N) is 2. The first-order valence-corrected chi connectivity index (χ1v) is 6.89. The highest BCUT2D eigenvalue weighted by Gasteiger charge is 2.43. The highest BCUT2D eigenvalue weighted by molar-refractivity contribution is 5.95. The average molecular weight is 258 g/mol. The Morgan fingerprint density at radius 2 is 1.79 bits per heavy atom. The molecule has 3 rings (SSSR count). The molecule has 2 saturated carbocycles. The van der Waals surface area contributed by atoms with Gasteiger partial charge in [-0.1, -0.05) is 24.6 Å². The van der Waals surface area contributed by atoms with Crippen molar-refractivity contribution in [3.05, 3.63) is 35.9 Å². The molecule has 0 radical (unpaired) electrons. The first-order valence-electron chi connectivity index (χ1n) is 6.89. The van der Waals surface area contributed by atoms with E-state index in [9.17, 15) is 9.59 Å². The zero-order valence-corrected chi connectivity index (χ0v) is 10.8. The zero-order valence-electron chi connectivity index (χ0n) is 10.8. The van der Waals surface area contributed by atoms with Crippen LogP contribution in [0.1, 0.15) is 36.0 Å². The van der Waals surface area contributed by atoms with Gasteiger partial charge in [0.1, 0.15) is 0 Å². The lowest BCUT2D eigenvalue weighted by Crippen LogP contribution is -2.45. The summed E-state index contributed by atoms with van der Waals surface area (Å²) in [6.07, 6.45) is 4.60. The van der Waals surface area contributed by atoms with Gasteiger partial charge < -0.3 is 0 Å². The Balaban J connectivity index is 1.52. The summed E-state index contributed by atoms with van der Waals surface area (Å²) in [6.45, 7) is 0. The van der Waals surface area contributed by atoms with Gasteiger partial charge in [0.05, 0.1) is 0 Å². The second-order valence-electron chi connectivity index (χ2n) is 5.59. The van der Waals surface area contributed by atoms with Crippen molar-refractivity contribution in [1.29, 1.82) is 0 Å². The minimum atomic E-state index is -0.267. The summed E-state index contributed by atoms with van der Waals surface area (Å²) in [5, 5.41) is 0. The Morgan fingerprint density at radius 3 is 2.42 bits per heavy atom. The van der Waals surface area contributed by atoms with Crippen LogP contribution in [0.2, 0.25) is 0 Å². The molecule has 4 heteroatoms. The number of hydrazine groups is 1. The van der Waals surface area contributed by atoms with E-state index in [0.29, 0.717) is 11.5 Å². The highest BCUT2D eigenvalue weighted by atomic mass is 16.2. The fourth-order valence-corrected chi connectivity index (χ4v) is 3.44. The van der Waals surface area contributed by atoms with E-state index >= 15 is 0 Å². The molecule has 1 aromatic rings. The van der Waals surface area contributed by atoms with Crippen molar-refractivity contribution >= 4 is 11.8 Å². The van der Waals surface area contributed by atoms with E-state index in [-0.39, 0.29) is 17.7 Å². The number of hydrogen-bond acceptors (Lipinski definition) is 2. The maximum Gasteiger partial charge on any atom is 0.269 e. The summed E-state index contributed by atoms with van der Waals surface area (Å²) in [7, 11) is 0. The number of carbonyl (C=O) groups is 2. The number of rotatable bonds is 2. The van der Waals surface area contributed by atoms with Crippen LogP contribution in [0.15, 0.2) is 30.3 Å². The molecule has 0 aliphatic heterocycles. The normalized spacial score (nSPS) is 28.1. The Bertz CT molecular complexity index is 486. The van der Waals surface area contributed by atoms with Crippen molar-refractivity contribution in [3.8, 4) is 0 Å². The highest BCUT2D eigenvalue weighted by Crippen LogP contribution is 2.48. The van der Waals surface area contributed by atoms with Crippen LogP contribution in [0, 0.1) is 17.8 Å². The molecule has 0 saturated heterocycles. The van der Waals surface area contributed by atoms with E-state index in [0.717, 1.165) is 18.8 Å². The molecule has 2 aliphatic rings. The van der Waals surface area contributed by atoms with Crippen molar-refractivity contribution in [3.63, 3.8) is 0 Å². The van der Waals surface area contributed by atoms with Gasteiger partial charge in [0, 0.05) is 11.5 Å². The van der Waals surface area contributed by atoms with E-state index in [4.69, 9.17) is 0 Å². The van der Waals surface area contributed by atoms with Gasteiger partial charge in [0.15, 0.2) is 0 Å². The molecule has 2 amide bonds. The van der Waals surface area contributed by atoms with Gasteiger partial charge in [-0.3, -0.25) is 20.4 Å². The molecule has 0 spiro atoms. The van der Waals surface area contributed by atoms with Crippen LogP contribution in [0.25, 0.3) is 0 Å². The molecule has 100 valence electrons. The number of benzene rings is 1. The molecule has 2 N–H and O–H groups in total. The lowest BCUT2D eigenvalue weighted by molar-refractivity contribution is -0.127. The second kappa shape index (κ2) is 5.03. The third kappa shape index (κ3) is 2.48. The molecular formula is C15H18N2O2. The molecule has 0 heterocycles. The number of hydrogen-bond donors (Lipinski definition) is 2. The van der Waals surface area contributed by atoms with Crippen LogP contribution >= 0.6 is 0 Å². The third-order valence-electron chi connectivity index (χ3n) is 4.41. The van der Waals surface area contributed by atoms with Crippen LogP contribution in [-0.4, -0.2) is 11.8 Å². The Kier molecular flexibility index (Phi) is 3.23. The fraction of sp³-hybridized carbons (Fsp3) is 0.467. The topological polar surface area (TPSA) is 58.2 Å². The molecule has 0 unspecified atom stereocenters. The van der Waals surface area contributed by atoms with Crippen molar-refractivity contribution in [2.24, 2.45) is 17.8 Å². The first-order chi connectivity index (χ1) is 9.24. The van der Waals surface area contributed by atoms with E-state index in [2.05, 4.69) is 10.9 Å². The SMILES string of the molecule is O=C(NNC(=O)[C@H]1C[C@H]2CC[C@@H]1C2)c1ccccc1. The first kappa shape index (κ1) is 12.2. The molecule has 2 aliphatic carbocycles. The van der Waals surface area contributed by atoms with Crippen molar-refractivity contribution in [2.75, 3.05) is 0 Å². The van der Waals surface area contributed by atoms with Crippen LogP contribution in [0.5, 0.6) is 0 Å². The molecule has 2 bridgehead atoms. The fourth-order valence-electron chi connectivity index (χ4n) is 3.44. The average Bonchev–Trinajstić information content (AvgIpc) is 3.08. The lowest BCUT2D eigenvalue weighted by atomic mass is 9.88. The van der Waals surface area contributed by atoms with Crippen molar-refractivity contribution in [2.45, 2.75) is 25.7 Å². The molecule has 4 nitrogen and oxygen atoms in total. The lowest BCUT2D eigenvalue weighted by Gasteiger charge is -2.20. The molecule has 19 heavy (non-hydrogen) atoms. The summed E-state index contributed by atoms with van der Waals surface area (Å²) >= 11 is 0. The zero-order chi connectivity index (χ0) is 13.2. The van der Waals surface area contributed by atoms with E-state index in [1.54, 1.807) is 24.3 Å². The quantitative estimate of drug-likeness (QED) is 0.796. The molecule has 0 aromatic heterocycles. The van der Waals surface area contributed by atoms with E-state index < -0.39 is 0 Å². The van der Waals surface area contributed by atoms with E-state index in [1.165, 1.54) is 12.8 Å². The van der Waals surface area contributed by atoms with Crippen LogP contribution in [0.3, 0.4) is 0 Å². The smallest absolute Gasteiger partial charge is 0.269 e. The van der Waals surface area contributed by atoms with Gasteiger partial charge in [-0.05, 0) is 43.2 Å². The third-order valence-corrected chi connectivity index (χ3v) is 4.41. The number of carbonyl (C=O) groups excluding carboxylic acids is 2. The summed E-state index contributed by atoms with van der Waals surface area (Å²) < 4.78 is 0. The van der Waals surface area contributed by atoms with Crippen LogP contribution in [-0.2, 0) is 4.79 Å². The summed E-state index contributed by atoms with van der Waals surface area (Å²) in [6, 6.07) is 8.89. The Hall–Kier alpha value is -1.84. The van der Waals surface area contributed by atoms with Gasteiger partial charge in [-0.25, -0.2) is 0 Å². The monoisotopic (exact) mass is 258 g/mol. The molecule has 2 fully saturated rings. The molecule has 1 aromatic carbocycles. The summed E-state index contributed by atoms with van der Waals surface area (Å²) in [5.74, 6) is 1.05. The van der Waals surface area contributed by atoms with Gasteiger partial charge in [0.2, 0.25) is 5.91 Å². The minimum absolute atomic E-state index is 0.0310. The molecule has 3 atom stereocenters. The van der Waals surface area contributed by atoms with E-state index in [1.807, 2.05) is 6.07 Å². The van der Waals surface area contributed by atoms with Gasteiger partial charge in [0.25, 0.3) is 5.91 Å². The van der Waals surface area contributed by atoms with Gasteiger partial charge in [-0.15, -0.1) is 0 Å². The Labute approximate surface area is 112 Å². The van der Waals surface area contributed by atoms with Crippen molar-refractivity contribution < 1.29 is 9.59 Å². The van der Waals surface area contributed by atoms with Gasteiger partial charge in [-0.2, -0.15) is 0 Å². The summed E-state index contributed by atoms with van der Waals surface area (Å²) in [5.41, 5.74) is 5.62. The number of fused-ring (bicyclic) bond motifs is 2. The maximum absolute atomic E-state index is 12.0. The Morgan fingerprint density at radius 1 is 1.00 bits per heavy atom. The van der Waals surface area contributed by atoms with Crippen molar-refractivity contribution in [1.82, 2.24) is 10.9 Å². The predicted molar refractivity (Wildman–Crippen MR) is 71.0 cm³/mol. The molecular weight excluding hydrogens is 240 g/mol. The number of amides is 2. The second-order valence-corrected chi connectivity index (χ2v) is 5.59.